The molecule has 0 aliphatic rings. The third kappa shape index (κ3) is 5.73. The Bertz CT molecular complexity index is 295. The summed E-state index contributed by atoms with van der Waals surface area (Å²) in [6.07, 6.45) is 2.64. The van der Waals surface area contributed by atoms with Crippen molar-refractivity contribution in [1.29, 1.82) is 0 Å². The molecule has 1 rings (SSSR count). The Morgan fingerprint density at radius 1 is 1.33 bits per heavy atom. The minimum atomic E-state index is -0.441. The largest absolute Gasteiger partial charge is 0.497 e. The molecule has 84 valence electrons. The van der Waals surface area contributed by atoms with Crippen molar-refractivity contribution in [1.82, 2.24) is 0 Å². The van der Waals surface area contributed by atoms with Crippen LogP contribution in [0.3, 0.4) is 0 Å². The van der Waals surface area contributed by atoms with Crippen LogP contribution in [0.4, 0.5) is 0 Å². The maximum absolute atomic E-state index is 10.6. The van der Waals surface area contributed by atoms with Crippen molar-refractivity contribution in [3.63, 3.8) is 0 Å². The quantitative estimate of drug-likeness (QED) is 0.831. The zero-order valence-corrected chi connectivity index (χ0v) is 9.62. The number of rotatable bonds is 3. The number of primary amides is 1. The molecule has 0 saturated heterocycles. The first kappa shape index (κ1) is 13.5. The Kier molecular flexibility index (Phi) is 7.06. The minimum Gasteiger partial charge on any atom is -0.497 e. The van der Waals surface area contributed by atoms with E-state index in [2.05, 4.69) is 13.8 Å². The van der Waals surface area contributed by atoms with Gasteiger partial charge in [-0.2, -0.15) is 0 Å². The van der Waals surface area contributed by atoms with Gasteiger partial charge in [0.05, 0.1) is 7.11 Å². The number of unbranched alkanes of at least 4 members (excludes halogenated alkanes) is 1. The number of hydrogen-bond donors (Lipinski definition) is 1. The van der Waals surface area contributed by atoms with Gasteiger partial charge in [-0.05, 0) is 18.2 Å². The maximum atomic E-state index is 10.6. The van der Waals surface area contributed by atoms with E-state index in [-0.39, 0.29) is 0 Å². The molecule has 1 amide bonds. The summed E-state index contributed by atoms with van der Waals surface area (Å²) >= 11 is 0. The summed E-state index contributed by atoms with van der Waals surface area (Å²) in [6, 6.07) is 6.72. The van der Waals surface area contributed by atoms with Gasteiger partial charge >= 0.3 is 0 Å². The van der Waals surface area contributed by atoms with Crippen molar-refractivity contribution in [3.8, 4) is 5.75 Å². The number of hydrogen-bond acceptors (Lipinski definition) is 2. The lowest BCUT2D eigenvalue weighted by Crippen LogP contribution is -2.10. The highest BCUT2D eigenvalue weighted by atomic mass is 16.5. The molecule has 0 unspecified atom stereocenters. The lowest BCUT2D eigenvalue weighted by molar-refractivity contribution is 0.1000. The summed E-state index contributed by atoms with van der Waals surface area (Å²) in [7, 11) is 1.54. The third-order valence-corrected chi connectivity index (χ3v) is 1.85. The first-order valence-electron chi connectivity index (χ1n) is 5.09. The Balaban J connectivity index is 0.000000423. The van der Waals surface area contributed by atoms with Crippen LogP contribution in [-0.2, 0) is 0 Å². The predicted octanol–water partition coefficient (Wildman–Crippen LogP) is 2.60. The van der Waals surface area contributed by atoms with Crippen molar-refractivity contribution in [2.75, 3.05) is 7.11 Å². The Morgan fingerprint density at radius 2 is 1.93 bits per heavy atom. The van der Waals surface area contributed by atoms with Crippen LogP contribution in [0.1, 0.15) is 37.0 Å². The van der Waals surface area contributed by atoms with Gasteiger partial charge in [-0.25, -0.2) is 0 Å². The van der Waals surface area contributed by atoms with Gasteiger partial charge in [0, 0.05) is 5.56 Å². The smallest absolute Gasteiger partial charge is 0.248 e. The van der Waals surface area contributed by atoms with Crippen molar-refractivity contribution >= 4 is 5.91 Å². The number of carbonyl (C=O) groups is 1. The number of methoxy groups -OCH3 is 1. The van der Waals surface area contributed by atoms with Crippen LogP contribution in [0.15, 0.2) is 24.3 Å². The zero-order chi connectivity index (χ0) is 11.7. The Labute approximate surface area is 91.2 Å². The van der Waals surface area contributed by atoms with E-state index in [1.807, 2.05) is 0 Å². The molecule has 2 N–H and O–H groups in total. The van der Waals surface area contributed by atoms with E-state index in [4.69, 9.17) is 10.5 Å². The molecule has 0 heterocycles. The first-order chi connectivity index (χ1) is 7.15. The second kappa shape index (κ2) is 7.85. The van der Waals surface area contributed by atoms with E-state index >= 15 is 0 Å². The van der Waals surface area contributed by atoms with Gasteiger partial charge in [-0.1, -0.05) is 32.8 Å². The summed E-state index contributed by atoms with van der Waals surface area (Å²) in [6.45, 7) is 4.36. The van der Waals surface area contributed by atoms with E-state index in [9.17, 15) is 4.79 Å². The summed E-state index contributed by atoms with van der Waals surface area (Å²) < 4.78 is 4.90. The monoisotopic (exact) mass is 209 g/mol. The normalized spacial score (nSPS) is 8.73. The molecule has 0 aliphatic heterocycles. The van der Waals surface area contributed by atoms with Crippen LogP contribution in [0.25, 0.3) is 0 Å². The number of amides is 1. The zero-order valence-electron chi connectivity index (χ0n) is 9.62. The summed E-state index contributed by atoms with van der Waals surface area (Å²) in [5.74, 6) is 0.199. The second-order valence-corrected chi connectivity index (χ2v) is 3.10. The molecule has 1 aromatic carbocycles. The fourth-order valence-electron chi connectivity index (χ4n) is 0.776. The highest BCUT2D eigenvalue weighted by Crippen LogP contribution is 2.11. The van der Waals surface area contributed by atoms with E-state index in [1.54, 1.807) is 31.4 Å². The molecule has 3 heteroatoms. The van der Waals surface area contributed by atoms with Gasteiger partial charge in [0.15, 0.2) is 0 Å². The standard InChI is InChI=1S/C8H9NO2.C4H10/c1-11-7-4-2-3-6(5-7)8(9)10;1-3-4-2/h2-5H,1H3,(H2,9,10);3-4H2,1-2H3. The minimum absolute atomic E-state index is 0.441. The SMILES string of the molecule is CCCC.COc1cccc(C(N)=O)c1. The number of benzene rings is 1. The summed E-state index contributed by atoms with van der Waals surface area (Å²) in [4.78, 5) is 10.6. The van der Waals surface area contributed by atoms with Gasteiger partial charge in [-0.15, -0.1) is 0 Å². The lowest BCUT2D eigenvalue weighted by Gasteiger charge is -1.99. The number of ether oxygens (including phenoxy) is 1. The first-order valence-corrected chi connectivity index (χ1v) is 5.09. The summed E-state index contributed by atoms with van der Waals surface area (Å²) in [5, 5.41) is 0. The highest BCUT2D eigenvalue weighted by Gasteiger charge is 1.99. The van der Waals surface area contributed by atoms with Crippen molar-refractivity contribution in [2.24, 2.45) is 5.73 Å². The van der Waals surface area contributed by atoms with Gasteiger partial charge < -0.3 is 10.5 Å². The molecule has 0 spiro atoms. The van der Waals surface area contributed by atoms with Crippen LogP contribution in [0.5, 0.6) is 5.75 Å². The molecule has 0 aromatic heterocycles. The van der Waals surface area contributed by atoms with Crippen molar-refractivity contribution < 1.29 is 9.53 Å². The molecular weight excluding hydrogens is 190 g/mol. The van der Waals surface area contributed by atoms with Crippen LogP contribution >= 0.6 is 0 Å². The molecule has 0 bridgehead atoms. The van der Waals surface area contributed by atoms with Gasteiger partial charge in [-0.3, -0.25) is 4.79 Å². The molecule has 0 saturated carbocycles. The maximum Gasteiger partial charge on any atom is 0.248 e. The van der Waals surface area contributed by atoms with Crippen LogP contribution < -0.4 is 10.5 Å². The van der Waals surface area contributed by atoms with Crippen LogP contribution in [0, 0.1) is 0 Å². The highest BCUT2D eigenvalue weighted by molar-refractivity contribution is 5.93. The van der Waals surface area contributed by atoms with E-state index < -0.39 is 5.91 Å². The van der Waals surface area contributed by atoms with Crippen LogP contribution in [0.2, 0.25) is 0 Å². The molecule has 1 aromatic rings. The molecule has 0 atom stereocenters. The van der Waals surface area contributed by atoms with Crippen LogP contribution in [-0.4, -0.2) is 13.0 Å². The van der Waals surface area contributed by atoms with Crippen molar-refractivity contribution in [2.45, 2.75) is 26.7 Å². The molecular formula is C12H19NO2. The Hall–Kier alpha value is -1.51. The Morgan fingerprint density at radius 3 is 2.33 bits per heavy atom. The molecule has 0 radical (unpaired) electrons. The fraction of sp³-hybridized carbons (Fsp3) is 0.417. The molecule has 3 nitrogen and oxygen atoms in total. The summed E-state index contributed by atoms with van der Waals surface area (Å²) in [5.41, 5.74) is 5.51. The lowest BCUT2D eigenvalue weighted by atomic mass is 10.2. The number of carbonyl (C=O) groups excluding carboxylic acids is 1. The fourth-order valence-corrected chi connectivity index (χ4v) is 0.776. The van der Waals surface area contributed by atoms with Gasteiger partial charge in [0.25, 0.3) is 0 Å². The average molecular weight is 209 g/mol. The number of nitrogens with two attached hydrogens (primary N) is 1. The topological polar surface area (TPSA) is 52.3 Å². The third-order valence-electron chi connectivity index (χ3n) is 1.85. The van der Waals surface area contributed by atoms with Gasteiger partial charge in [0.1, 0.15) is 5.75 Å². The van der Waals surface area contributed by atoms with E-state index in [0.717, 1.165) is 0 Å². The van der Waals surface area contributed by atoms with Gasteiger partial charge in [0.2, 0.25) is 5.91 Å². The second-order valence-electron chi connectivity index (χ2n) is 3.10. The van der Waals surface area contributed by atoms with Crippen molar-refractivity contribution in [3.05, 3.63) is 29.8 Å². The molecule has 15 heavy (non-hydrogen) atoms. The molecule has 0 aliphatic carbocycles. The average Bonchev–Trinajstić information content (AvgIpc) is 2.29. The van der Waals surface area contributed by atoms with E-state index in [1.165, 1.54) is 12.8 Å². The van der Waals surface area contributed by atoms with E-state index in [0.29, 0.717) is 11.3 Å². The molecule has 0 fully saturated rings. The predicted molar refractivity (Wildman–Crippen MR) is 62.1 cm³/mol.